The molecule has 73 heavy (non-hydrogen) atoms. The molecular weight excluding hydrogens is 921 g/mol. The number of rotatable bonds is 34. The van der Waals surface area contributed by atoms with Gasteiger partial charge in [-0.25, -0.2) is 0 Å². The number of ether oxygens (including phenoxy) is 7. The van der Waals surface area contributed by atoms with Crippen molar-refractivity contribution in [2.24, 2.45) is 4.99 Å². The van der Waals surface area contributed by atoms with Gasteiger partial charge in [0.25, 0.3) is 0 Å². The number of unbranched alkanes of at least 4 members (excludes halogenated alkanes) is 10. The highest BCUT2D eigenvalue weighted by atomic mass is 19.2. The molecule has 1 aliphatic rings. The Morgan fingerprint density at radius 3 is 1.14 bits per heavy atom. The van der Waals surface area contributed by atoms with Gasteiger partial charge in [-0.05, 0) is 149 Å². The van der Waals surface area contributed by atoms with Crippen molar-refractivity contribution in [3.05, 3.63) is 108 Å². The second kappa shape index (κ2) is 28.9. The zero-order valence-electron chi connectivity index (χ0n) is 44.1. The summed E-state index contributed by atoms with van der Waals surface area (Å²) in [5, 5.41) is 6.16. The lowest BCUT2D eigenvalue weighted by molar-refractivity contribution is 0.232. The molecule has 5 aromatic carbocycles. The van der Waals surface area contributed by atoms with Crippen molar-refractivity contribution in [1.82, 2.24) is 4.48 Å². The van der Waals surface area contributed by atoms with E-state index in [2.05, 4.69) is 76.0 Å². The fourth-order valence-electron chi connectivity index (χ4n) is 9.16. The zero-order chi connectivity index (χ0) is 51.2. The van der Waals surface area contributed by atoms with Crippen LogP contribution in [0.15, 0.2) is 102 Å². The second-order valence-electron chi connectivity index (χ2n) is 18.9. The predicted octanol–water partition coefficient (Wildman–Crippen LogP) is 16.8. The molecule has 0 bridgehead atoms. The highest BCUT2D eigenvalue weighted by Crippen LogP contribution is 2.47. The summed E-state index contributed by atoms with van der Waals surface area (Å²) in [5.74, 6) is 4.97. The van der Waals surface area contributed by atoms with Gasteiger partial charge >= 0.3 is 7.40 Å². The molecule has 0 atom stereocenters. The summed E-state index contributed by atoms with van der Waals surface area (Å²) in [5.41, 5.74) is 2.40. The van der Waals surface area contributed by atoms with Gasteiger partial charge in [0, 0.05) is 23.9 Å². The second-order valence-corrected chi connectivity index (χ2v) is 18.9. The van der Waals surface area contributed by atoms with E-state index >= 15 is 0 Å². The molecule has 0 radical (unpaired) electrons. The summed E-state index contributed by atoms with van der Waals surface area (Å²) < 4.78 is 74.9. The number of benzene rings is 5. The van der Waals surface area contributed by atoms with Crippen molar-refractivity contribution < 1.29 is 41.8 Å². The van der Waals surface area contributed by atoms with Gasteiger partial charge in [-0.1, -0.05) is 111 Å². The van der Waals surface area contributed by atoms with Gasteiger partial charge < -0.3 is 37.6 Å². The summed E-state index contributed by atoms with van der Waals surface area (Å²) in [7, 11) is -2.68. The minimum absolute atomic E-state index is 0.377. The Balaban J connectivity index is 1.24. The van der Waals surface area contributed by atoms with E-state index in [1.165, 1.54) is 6.20 Å². The summed E-state index contributed by atoms with van der Waals surface area (Å²) in [6.07, 6.45) is 23.0. The monoisotopic (exact) mass is 999 g/mol. The highest BCUT2D eigenvalue weighted by Gasteiger charge is 2.24. The average Bonchev–Trinajstić information content (AvgIpc) is 4.13. The van der Waals surface area contributed by atoms with Crippen molar-refractivity contribution in [3.8, 4) is 40.2 Å². The minimum atomic E-state index is -2.68. The van der Waals surface area contributed by atoms with E-state index in [9.17, 15) is 8.63 Å². The van der Waals surface area contributed by atoms with Crippen LogP contribution in [0.25, 0.3) is 37.9 Å². The van der Waals surface area contributed by atoms with Crippen LogP contribution in [0.1, 0.15) is 149 Å². The Morgan fingerprint density at radius 1 is 0.452 bits per heavy atom. The van der Waals surface area contributed by atoms with Crippen molar-refractivity contribution in [2.45, 2.75) is 137 Å². The van der Waals surface area contributed by atoms with Gasteiger partial charge in [-0.2, -0.15) is 0 Å². The first-order valence-corrected chi connectivity index (χ1v) is 27.3. The first-order valence-electron chi connectivity index (χ1n) is 27.3. The number of hydrogen-bond acceptors (Lipinski definition) is 8. The van der Waals surface area contributed by atoms with Crippen LogP contribution in [0.5, 0.6) is 40.2 Å². The largest absolute Gasteiger partial charge is 0.677 e. The molecule has 6 aromatic rings. The molecule has 1 aromatic heterocycles. The van der Waals surface area contributed by atoms with E-state index in [-0.39, 0.29) is 0 Å². The van der Waals surface area contributed by atoms with Gasteiger partial charge in [0.05, 0.1) is 51.9 Å². The first kappa shape index (κ1) is 54.6. The summed E-state index contributed by atoms with van der Waals surface area (Å²) >= 11 is 0. The molecular formula is C61H77BF2N2O7. The van der Waals surface area contributed by atoms with Crippen LogP contribution in [0.4, 0.5) is 8.63 Å². The quantitative estimate of drug-likeness (QED) is 0.0226. The molecule has 2 heterocycles. The Morgan fingerprint density at radius 2 is 0.808 bits per heavy atom. The van der Waals surface area contributed by atoms with Crippen LogP contribution in [-0.4, -0.2) is 64.3 Å². The molecule has 0 aliphatic carbocycles. The maximum Gasteiger partial charge on any atom is 0.677 e. The van der Waals surface area contributed by atoms with E-state index in [0.717, 1.165) is 162 Å². The zero-order valence-corrected chi connectivity index (χ0v) is 44.1. The summed E-state index contributed by atoms with van der Waals surface area (Å²) in [6.45, 7) is 14.8. The van der Waals surface area contributed by atoms with Crippen LogP contribution in [0, 0.1) is 0 Å². The number of aromatic nitrogens is 1. The van der Waals surface area contributed by atoms with E-state index in [1.54, 1.807) is 24.4 Å². The Hall–Kier alpha value is -6.17. The third kappa shape index (κ3) is 14.8. The van der Waals surface area contributed by atoms with Gasteiger partial charge in [-0.3, -0.25) is 13.6 Å². The lowest BCUT2D eigenvalue weighted by Crippen LogP contribution is -2.15. The topological polar surface area (TPSA) is 81.9 Å². The van der Waals surface area contributed by atoms with Crippen molar-refractivity contribution in [3.63, 3.8) is 0 Å². The van der Waals surface area contributed by atoms with E-state index in [4.69, 9.17) is 33.2 Å². The van der Waals surface area contributed by atoms with Gasteiger partial charge in [-0.15, -0.1) is 0 Å². The molecule has 7 rings (SSSR count). The molecule has 9 nitrogen and oxygen atoms in total. The molecule has 0 amide bonds. The van der Waals surface area contributed by atoms with Gasteiger partial charge in [0.2, 0.25) is 0 Å². The average molecular weight is 999 g/mol. The molecule has 0 unspecified atom stereocenters. The number of nitrogens with zero attached hydrogens (tertiary/aromatic N) is 2. The number of aliphatic imine (C=N–C) groups is 1. The third-order valence-corrected chi connectivity index (χ3v) is 13.2. The number of hydrogen-bond donors (Lipinski definition) is 0. The molecule has 0 saturated heterocycles. The lowest BCUT2D eigenvalue weighted by atomic mass is 9.93. The maximum atomic E-state index is 14.0. The van der Waals surface area contributed by atoms with Crippen molar-refractivity contribution in [2.75, 3.05) is 46.2 Å². The molecule has 0 N–H and O–H groups in total. The maximum absolute atomic E-state index is 14.0. The smallest absolute Gasteiger partial charge is 0.493 e. The van der Waals surface area contributed by atoms with Crippen LogP contribution in [0.3, 0.4) is 0 Å². The van der Waals surface area contributed by atoms with E-state index in [1.807, 2.05) is 30.3 Å². The molecule has 0 fully saturated rings. The molecule has 390 valence electrons. The fourth-order valence-corrected chi connectivity index (χ4v) is 9.16. The summed E-state index contributed by atoms with van der Waals surface area (Å²) in [4.78, 5) is 4.45. The first-order chi connectivity index (χ1) is 35.9. The predicted molar refractivity (Wildman–Crippen MR) is 298 cm³/mol. The lowest BCUT2D eigenvalue weighted by Gasteiger charge is -2.21. The van der Waals surface area contributed by atoms with Crippen LogP contribution < -0.4 is 33.2 Å². The van der Waals surface area contributed by atoms with Gasteiger partial charge in [0.1, 0.15) is 5.75 Å². The highest BCUT2D eigenvalue weighted by molar-refractivity contribution is 6.41. The Kier molecular flexibility index (Phi) is 21.6. The minimum Gasteiger partial charge on any atom is -0.493 e. The van der Waals surface area contributed by atoms with Crippen molar-refractivity contribution >= 4 is 51.5 Å². The van der Waals surface area contributed by atoms with E-state index in [0.29, 0.717) is 86.9 Å². The third-order valence-electron chi connectivity index (χ3n) is 13.2. The molecule has 0 spiro atoms. The fraction of sp³-hybridized carbons (Fsp3) is 0.459. The Labute approximate surface area is 433 Å². The number of allylic oxidation sites excluding steroid dienone is 2. The van der Waals surface area contributed by atoms with Gasteiger partial charge in [0.15, 0.2) is 34.5 Å². The summed E-state index contributed by atoms with van der Waals surface area (Å²) in [6, 6.07) is 23.7. The number of halogens is 2. The SMILES string of the molecule is CCCCCOc1cc2c3cc(OCCCCC)c(OCCCCC)cc3c3cc(OCCCOc4ccc(/C(=C5/C=CC=N5)c5cccn5B(F)F)cc4)c(OCCCCC)cc3c2cc1OCCCCC. The van der Waals surface area contributed by atoms with Crippen LogP contribution in [0.2, 0.25) is 0 Å². The van der Waals surface area contributed by atoms with Crippen molar-refractivity contribution in [1.29, 1.82) is 0 Å². The van der Waals surface area contributed by atoms with Crippen LogP contribution in [-0.2, 0) is 0 Å². The van der Waals surface area contributed by atoms with Crippen LogP contribution >= 0.6 is 0 Å². The standard InChI is InChI=1S/C61H77BF2N2O7/c1-6-11-16-32-68-55-39-47-48-40-56(69-33-17-12-7-2)58(71-35-19-14-9-4)42-50(48)52-44-60(59(72-36-20-15-10-5)43-51(52)49(47)41-57(55)70-34-18-13-8-3)73-38-23-37-67-46-28-26-45(27-29-46)61(53-24-21-30-65-53)54-25-22-31-66(54)62(63)64/h21-22,24-31,39-44H,6-20,23,32-38H2,1-5H3/b61-53+. The van der Waals surface area contributed by atoms with E-state index < -0.39 is 7.40 Å². The number of fused-ring (bicyclic) bond motifs is 6. The molecule has 0 saturated carbocycles. The Bertz CT molecular complexity index is 2710. The normalized spacial score (nSPS) is 12.8. The molecule has 1 aliphatic heterocycles. The molecule has 12 heteroatoms.